The van der Waals surface area contributed by atoms with Crippen molar-refractivity contribution in [3.63, 3.8) is 0 Å². The lowest BCUT2D eigenvalue weighted by atomic mass is 10.0. The predicted molar refractivity (Wildman–Crippen MR) is 68.1 cm³/mol. The van der Waals surface area contributed by atoms with Crippen molar-refractivity contribution >= 4 is 15.9 Å². The summed E-state index contributed by atoms with van der Waals surface area (Å²) in [4.78, 5) is -0.274. The highest BCUT2D eigenvalue weighted by atomic mass is 79.9. The Bertz CT molecular complexity index is 537. The lowest BCUT2D eigenvalue weighted by Gasteiger charge is -2.11. The molecule has 18 heavy (non-hydrogen) atoms. The van der Waals surface area contributed by atoms with Gasteiger partial charge in [-0.2, -0.15) is 0 Å². The molecular formula is C14H10BrF3. The van der Waals surface area contributed by atoms with Crippen LogP contribution in [-0.4, -0.2) is 0 Å². The summed E-state index contributed by atoms with van der Waals surface area (Å²) in [6.07, 6.45) is 0.503. The normalized spacial score (nSPS) is 12.4. The van der Waals surface area contributed by atoms with Crippen LogP contribution in [0.4, 0.5) is 13.2 Å². The van der Waals surface area contributed by atoms with Gasteiger partial charge in [-0.25, -0.2) is 13.2 Å². The maximum atomic E-state index is 13.5. The van der Waals surface area contributed by atoms with Crippen LogP contribution >= 0.6 is 15.9 Å². The molecule has 0 amide bonds. The van der Waals surface area contributed by atoms with Crippen LogP contribution in [0, 0.1) is 17.5 Å². The molecule has 0 fully saturated rings. The Hall–Kier alpha value is -1.29. The number of rotatable bonds is 3. The van der Waals surface area contributed by atoms with Crippen molar-refractivity contribution in [2.24, 2.45) is 0 Å². The van der Waals surface area contributed by atoms with Crippen LogP contribution in [0.1, 0.15) is 16.0 Å². The Kier molecular flexibility index (Phi) is 4.07. The lowest BCUT2D eigenvalue weighted by molar-refractivity contribution is 0.571. The van der Waals surface area contributed by atoms with Gasteiger partial charge < -0.3 is 0 Å². The molecule has 0 nitrogen and oxygen atoms in total. The summed E-state index contributed by atoms with van der Waals surface area (Å²) in [5.41, 5.74) is 1.27. The number of alkyl halides is 1. The molecule has 0 N–H and O–H groups in total. The zero-order valence-electron chi connectivity index (χ0n) is 9.34. The summed E-state index contributed by atoms with van der Waals surface area (Å²) >= 11 is 3.36. The lowest BCUT2D eigenvalue weighted by Crippen LogP contribution is -1.99. The van der Waals surface area contributed by atoms with E-state index in [9.17, 15) is 13.2 Å². The van der Waals surface area contributed by atoms with Gasteiger partial charge in [0.05, 0.1) is 0 Å². The molecule has 4 heteroatoms. The van der Waals surface area contributed by atoms with Crippen LogP contribution in [0.3, 0.4) is 0 Å². The number of halogens is 4. The highest BCUT2D eigenvalue weighted by Gasteiger charge is 2.14. The molecule has 0 aliphatic carbocycles. The quantitative estimate of drug-likeness (QED) is 0.715. The molecule has 94 valence electrons. The van der Waals surface area contributed by atoms with Crippen LogP contribution < -0.4 is 0 Å². The maximum absolute atomic E-state index is 13.5. The van der Waals surface area contributed by atoms with Crippen molar-refractivity contribution in [1.29, 1.82) is 0 Å². The molecular weight excluding hydrogens is 305 g/mol. The molecule has 0 saturated heterocycles. The number of benzene rings is 2. The first-order valence-corrected chi connectivity index (χ1v) is 6.31. The van der Waals surface area contributed by atoms with Crippen LogP contribution in [0.15, 0.2) is 42.5 Å². The van der Waals surface area contributed by atoms with Gasteiger partial charge in [0, 0.05) is 16.5 Å². The van der Waals surface area contributed by atoms with E-state index in [0.29, 0.717) is 12.0 Å². The molecule has 2 aromatic rings. The van der Waals surface area contributed by atoms with Gasteiger partial charge in [-0.3, -0.25) is 0 Å². The van der Waals surface area contributed by atoms with Crippen LogP contribution in [0.2, 0.25) is 0 Å². The van der Waals surface area contributed by atoms with E-state index in [1.54, 1.807) is 12.1 Å². The Labute approximate surface area is 112 Å². The largest absolute Gasteiger partial charge is 0.207 e. The predicted octanol–water partition coefficient (Wildman–Crippen LogP) is 4.78. The SMILES string of the molecule is Fc1ccc(CC(Br)c2ccc(F)cc2F)cc1. The van der Waals surface area contributed by atoms with Gasteiger partial charge in [-0.15, -0.1) is 0 Å². The average Bonchev–Trinajstić information content (AvgIpc) is 2.32. The summed E-state index contributed by atoms with van der Waals surface area (Å²) in [7, 11) is 0. The van der Waals surface area contributed by atoms with Gasteiger partial charge in [0.15, 0.2) is 0 Å². The molecule has 2 rings (SSSR count). The van der Waals surface area contributed by atoms with E-state index in [1.165, 1.54) is 24.3 Å². The summed E-state index contributed by atoms with van der Waals surface area (Å²) in [6, 6.07) is 9.49. The molecule has 0 heterocycles. The van der Waals surface area contributed by atoms with Crippen molar-refractivity contribution in [3.05, 3.63) is 71.0 Å². The first-order chi connectivity index (χ1) is 8.56. The third-order valence-electron chi connectivity index (χ3n) is 2.63. The summed E-state index contributed by atoms with van der Waals surface area (Å²) < 4.78 is 39.1. The summed E-state index contributed by atoms with van der Waals surface area (Å²) in [5.74, 6) is -1.49. The van der Waals surface area contributed by atoms with Crippen LogP contribution in [0.5, 0.6) is 0 Å². The minimum Gasteiger partial charge on any atom is -0.207 e. The summed E-state index contributed by atoms with van der Waals surface area (Å²) in [6.45, 7) is 0. The van der Waals surface area contributed by atoms with E-state index >= 15 is 0 Å². The molecule has 1 unspecified atom stereocenters. The minimum atomic E-state index is -0.599. The van der Waals surface area contributed by atoms with E-state index in [-0.39, 0.29) is 10.6 Å². The van der Waals surface area contributed by atoms with Gasteiger partial charge >= 0.3 is 0 Å². The second-order valence-electron chi connectivity index (χ2n) is 3.96. The fourth-order valence-corrected chi connectivity index (χ4v) is 2.44. The van der Waals surface area contributed by atoms with Gasteiger partial charge in [0.2, 0.25) is 0 Å². The Morgan fingerprint density at radius 2 is 1.50 bits per heavy atom. The molecule has 2 aromatic carbocycles. The number of hydrogen-bond donors (Lipinski definition) is 0. The first-order valence-electron chi connectivity index (χ1n) is 5.40. The topological polar surface area (TPSA) is 0 Å². The molecule has 0 radical (unpaired) electrons. The summed E-state index contributed by atoms with van der Waals surface area (Å²) in [5, 5.41) is 0. The van der Waals surface area contributed by atoms with Crippen molar-refractivity contribution in [3.8, 4) is 0 Å². The van der Waals surface area contributed by atoms with E-state index in [1.807, 2.05) is 0 Å². The smallest absolute Gasteiger partial charge is 0.130 e. The molecule has 0 aromatic heterocycles. The minimum absolute atomic E-state index is 0.274. The highest BCUT2D eigenvalue weighted by Crippen LogP contribution is 2.29. The standard InChI is InChI=1S/C14H10BrF3/c15-13(7-9-1-3-10(16)4-2-9)12-6-5-11(17)8-14(12)18/h1-6,8,13H,7H2. The molecule has 1 atom stereocenters. The Balaban J connectivity index is 2.16. The average molecular weight is 315 g/mol. The third kappa shape index (κ3) is 3.13. The molecule has 0 aliphatic rings. The molecule has 0 aliphatic heterocycles. The van der Waals surface area contributed by atoms with Crippen molar-refractivity contribution in [2.45, 2.75) is 11.2 Å². The molecule has 0 spiro atoms. The second kappa shape index (κ2) is 5.57. The fraction of sp³-hybridized carbons (Fsp3) is 0.143. The fourth-order valence-electron chi connectivity index (χ4n) is 1.69. The molecule has 0 saturated carbocycles. The van der Waals surface area contributed by atoms with Gasteiger partial charge in [-0.1, -0.05) is 34.1 Å². The van der Waals surface area contributed by atoms with E-state index in [4.69, 9.17) is 0 Å². The van der Waals surface area contributed by atoms with Crippen molar-refractivity contribution < 1.29 is 13.2 Å². The monoisotopic (exact) mass is 314 g/mol. The Morgan fingerprint density at radius 3 is 2.11 bits per heavy atom. The van der Waals surface area contributed by atoms with Gasteiger partial charge in [-0.05, 0) is 30.2 Å². The van der Waals surface area contributed by atoms with E-state index in [2.05, 4.69) is 15.9 Å². The van der Waals surface area contributed by atoms with Crippen LogP contribution in [0.25, 0.3) is 0 Å². The van der Waals surface area contributed by atoms with Crippen molar-refractivity contribution in [2.75, 3.05) is 0 Å². The first kappa shape index (κ1) is 13.1. The van der Waals surface area contributed by atoms with Gasteiger partial charge in [0.1, 0.15) is 17.5 Å². The zero-order chi connectivity index (χ0) is 13.1. The number of hydrogen-bond acceptors (Lipinski definition) is 0. The van der Waals surface area contributed by atoms with E-state index in [0.717, 1.165) is 11.6 Å². The highest BCUT2D eigenvalue weighted by molar-refractivity contribution is 9.09. The van der Waals surface area contributed by atoms with Crippen LogP contribution in [-0.2, 0) is 6.42 Å². The zero-order valence-corrected chi connectivity index (χ0v) is 10.9. The van der Waals surface area contributed by atoms with Gasteiger partial charge in [0.25, 0.3) is 0 Å². The maximum Gasteiger partial charge on any atom is 0.130 e. The third-order valence-corrected chi connectivity index (χ3v) is 3.45. The van der Waals surface area contributed by atoms with E-state index < -0.39 is 11.6 Å². The molecule has 0 bridgehead atoms. The van der Waals surface area contributed by atoms with Crippen molar-refractivity contribution in [1.82, 2.24) is 0 Å². The Morgan fingerprint density at radius 1 is 0.889 bits per heavy atom. The second-order valence-corrected chi connectivity index (χ2v) is 5.07.